The van der Waals surface area contributed by atoms with Gasteiger partial charge in [-0.25, -0.2) is 4.99 Å². The van der Waals surface area contributed by atoms with Gasteiger partial charge in [-0.3, -0.25) is 4.79 Å². The van der Waals surface area contributed by atoms with Crippen molar-refractivity contribution in [3.05, 3.63) is 54.6 Å². The zero-order valence-corrected chi connectivity index (χ0v) is 17.2. The van der Waals surface area contributed by atoms with E-state index in [1.165, 1.54) is 17.8 Å². The van der Waals surface area contributed by atoms with E-state index >= 15 is 0 Å². The van der Waals surface area contributed by atoms with Crippen LogP contribution < -0.4 is 20.9 Å². The second-order valence-electron chi connectivity index (χ2n) is 6.49. The van der Waals surface area contributed by atoms with Crippen molar-refractivity contribution in [1.29, 1.82) is 0 Å². The summed E-state index contributed by atoms with van der Waals surface area (Å²) in [5.74, 6) is 0.568. The zero-order valence-electron chi connectivity index (χ0n) is 17.2. The van der Waals surface area contributed by atoms with Crippen molar-refractivity contribution in [1.82, 2.24) is 10.6 Å². The van der Waals surface area contributed by atoms with Crippen LogP contribution in [-0.2, 0) is 4.79 Å². The number of aliphatic imine (C=N–C) groups is 1. The van der Waals surface area contributed by atoms with Crippen LogP contribution in [0, 0.1) is 0 Å². The van der Waals surface area contributed by atoms with Crippen LogP contribution in [0.4, 0.5) is 11.4 Å². The highest BCUT2D eigenvalue weighted by molar-refractivity contribution is 5.94. The fraction of sp³-hybridized carbons (Fsp3) is 0.364. The Bertz CT molecular complexity index is 763. The summed E-state index contributed by atoms with van der Waals surface area (Å²) >= 11 is 0. The van der Waals surface area contributed by atoms with Gasteiger partial charge >= 0.3 is 0 Å². The molecule has 0 unspecified atom stereocenters. The van der Waals surface area contributed by atoms with E-state index < -0.39 is 0 Å². The summed E-state index contributed by atoms with van der Waals surface area (Å²) in [6.07, 6.45) is 0.951. The third-order valence-corrected chi connectivity index (χ3v) is 4.28. The van der Waals surface area contributed by atoms with Gasteiger partial charge in [-0.2, -0.15) is 0 Å². The van der Waals surface area contributed by atoms with E-state index in [2.05, 4.69) is 57.0 Å². The van der Waals surface area contributed by atoms with Crippen LogP contribution in [-0.4, -0.2) is 49.7 Å². The third-order valence-electron chi connectivity index (χ3n) is 4.28. The summed E-state index contributed by atoms with van der Waals surface area (Å²) in [6.45, 7) is 7.52. The van der Waals surface area contributed by atoms with E-state index in [1.54, 1.807) is 12.1 Å². The Hall–Kier alpha value is -3.22. The molecule has 2 aromatic carbocycles. The number of aromatic hydroxyl groups is 1. The number of benzene rings is 2. The Morgan fingerprint density at radius 2 is 1.76 bits per heavy atom. The number of nitrogens with one attached hydrogen (secondary N) is 3. The summed E-state index contributed by atoms with van der Waals surface area (Å²) in [4.78, 5) is 18.7. The van der Waals surface area contributed by atoms with Crippen LogP contribution in [0.2, 0.25) is 0 Å². The molecule has 0 heterocycles. The Morgan fingerprint density at radius 1 is 1.03 bits per heavy atom. The number of rotatable bonds is 10. The van der Waals surface area contributed by atoms with Crippen molar-refractivity contribution >= 4 is 23.2 Å². The fourth-order valence-electron chi connectivity index (χ4n) is 2.82. The molecule has 7 nitrogen and oxygen atoms in total. The number of phenolic OH excluding ortho intramolecular Hbond substituents is 1. The molecule has 0 saturated heterocycles. The molecular weight excluding hydrogens is 366 g/mol. The number of guanidine groups is 1. The highest BCUT2D eigenvalue weighted by atomic mass is 16.3. The van der Waals surface area contributed by atoms with E-state index in [0.717, 1.165) is 32.6 Å². The van der Waals surface area contributed by atoms with Crippen LogP contribution in [0.25, 0.3) is 0 Å². The lowest BCUT2D eigenvalue weighted by atomic mass is 10.2. The second kappa shape index (κ2) is 12.3. The molecule has 0 saturated carbocycles. The average molecular weight is 398 g/mol. The van der Waals surface area contributed by atoms with Gasteiger partial charge < -0.3 is 26.0 Å². The van der Waals surface area contributed by atoms with Crippen LogP contribution in [0.1, 0.15) is 20.3 Å². The number of hydrogen-bond acceptors (Lipinski definition) is 4. The first-order valence-corrected chi connectivity index (χ1v) is 10.0. The predicted molar refractivity (Wildman–Crippen MR) is 120 cm³/mol. The first-order chi connectivity index (χ1) is 14.1. The van der Waals surface area contributed by atoms with Gasteiger partial charge in [-0.15, -0.1) is 0 Å². The highest BCUT2D eigenvalue weighted by Crippen LogP contribution is 2.14. The lowest BCUT2D eigenvalue weighted by molar-refractivity contribution is -0.114. The minimum atomic E-state index is -0.214. The molecule has 0 radical (unpaired) electrons. The predicted octanol–water partition coefficient (Wildman–Crippen LogP) is 2.80. The maximum Gasteiger partial charge on any atom is 0.246 e. The molecule has 0 aromatic heterocycles. The molecule has 2 aromatic rings. The number of amides is 1. The molecule has 0 bridgehead atoms. The van der Waals surface area contributed by atoms with Gasteiger partial charge in [0.2, 0.25) is 5.91 Å². The number of nitrogens with zero attached hydrogens (tertiary/aromatic N) is 2. The van der Waals surface area contributed by atoms with Gasteiger partial charge in [0.15, 0.2) is 5.96 Å². The Morgan fingerprint density at radius 3 is 2.41 bits per heavy atom. The Labute approximate surface area is 172 Å². The zero-order chi connectivity index (χ0) is 20.9. The van der Waals surface area contributed by atoms with Crippen molar-refractivity contribution in [2.24, 2.45) is 4.99 Å². The molecule has 2 rings (SSSR count). The standard InChI is InChI=1S/C22H31N5O2/c1-3-23-22(25-17-21(29)26-18-11-13-20(28)14-12-18)24-15-8-16-27(4-2)19-9-6-5-7-10-19/h5-7,9-14,28H,3-4,8,15-17H2,1-2H3,(H,26,29)(H2,23,24,25). The van der Waals surface area contributed by atoms with Crippen molar-refractivity contribution in [3.63, 3.8) is 0 Å². The van der Waals surface area contributed by atoms with Gasteiger partial charge in [0.1, 0.15) is 12.3 Å². The van der Waals surface area contributed by atoms with Crippen molar-refractivity contribution in [2.75, 3.05) is 42.9 Å². The number of phenols is 1. The molecule has 0 spiro atoms. The molecular formula is C22H31N5O2. The third kappa shape index (κ3) is 8.13. The summed E-state index contributed by atoms with van der Waals surface area (Å²) in [5, 5.41) is 18.5. The Balaban J connectivity index is 1.77. The van der Waals surface area contributed by atoms with Crippen LogP contribution in [0.15, 0.2) is 59.6 Å². The van der Waals surface area contributed by atoms with Crippen LogP contribution in [0.3, 0.4) is 0 Å². The SMILES string of the molecule is CCNC(=NCC(=O)Nc1ccc(O)cc1)NCCCN(CC)c1ccccc1. The molecule has 0 atom stereocenters. The molecule has 156 valence electrons. The van der Waals surface area contributed by atoms with Crippen molar-refractivity contribution in [3.8, 4) is 5.75 Å². The van der Waals surface area contributed by atoms with E-state index in [9.17, 15) is 9.90 Å². The largest absolute Gasteiger partial charge is 0.508 e. The topological polar surface area (TPSA) is 89.0 Å². The summed E-state index contributed by atoms with van der Waals surface area (Å²) < 4.78 is 0. The summed E-state index contributed by atoms with van der Waals surface area (Å²) in [5.41, 5.74) is 1.85. The number of carbonyl (C=O) groups excluding carboxylic acids is 1. The van der Waals surface area contributed by atoms with Gasteiger partial charge in [0, 0.05) is 37.6 Å². The minimum absolute atomic E-state index is 0.0152. The van der Waals surface area contributed by atoms with Crippen molar-refractivity contribution in [2.45, 2.75) is 20.3 Å². The number of para-hydroxylation sites is 1. The minimum Gasteiger partial charge on any atom is -0.508 e. The quantitative estimate of drug-likeness (QED) is 0.214. The van der Waals surface area contributed by atoms with Gasteiger partial charge in [0.25, 0.3) is 0 Å². The number of anilines is 2. The monoisotopic (exact) mass is 397 g/mol. The molecule has 4 N–H and O–H groups in total. The van der Waals surface area contributed by atoms with E-state index in [-0.39, 0.29) is 18.2 Å². The summed E-state index contributed by atoms with van der Waals surface area (Å²) in [6, 6.07) is 16.7. The van der Waals surface area contributed by atoms with Crippen LogP contribution in [0.5, 0.6) is 5.75 Å². The van der Waals surface area contributed by atoms with Gasteiger partial charge in [-0.05, 0) is 56.7 Å². The lowest BCUT2D eigenvalue weighted by Crippen LogP contribution is -2.39. The van der Waals surface area contributed by atoms with Gasteiger partial charge in [-0.1, -0.05) is 18.2 Å². The number of carbonyl (C=O) groups is 1. The average Bonchev–Trinajstić information content (AvgIpc) is 2.74. The maximum absolute atomic E-state index is 12.1. The fourth-order valence-corrected chi connectivity index (χ4v) is 2.82. The summed E-state index contributed by atoms with van der Waals surface area (Å²) in [7, 11) is 0. The van der Waals surface area contributed by atoms with E-state index in [0.29, 0.717) is 11.6 Å². The smallest absolute Gasteiger partial charge is 0.246 e. The molecule has 0 fully saturated rings. The van der Waals surface area contributed by atoms with Crippen LogP contribution >= 0.6 is 0 Å². The number of hydrogen-bond donors (Lipinski definition) is 4. The molecule has 0 aliphatic heterocycles. The van der Waals surface area contributed by atoms with E-state index in [1.807, 2.05) is 13.0 Å². The molecule has 1 amide bonds. The molecule has 29 heavy (non-hydrogen) atoms. The molecule has 7 heteroatoms. The highest BCUT2D eigenvalue weighted by Gasteiger charge is 2.05. The lowest BCUT2D eigenvalue weighted by Gasteiger charge is -2.23. The second-order valence-corrected chi connectivity index (χ2v) is 6.49. The molecule has 0 aliphatic rings. The Kier molecular flexibility index (Phi) is 9.35. The molecule has 0 aliphatic carbocycles. The first-order valence-electron chi connectivity index (χ1n) is 10.0. The normalized spacial score (nSPS) is 11.0. The maximum atomic E-state index is 12.1. The first kappa shape index (κ1) is 22.1. The van der Waals surface area contributed by atoms with Crippen molar-refractivity contribution < 1.29 is 9.90 Å². The van der Waals surface area contributed by atoms with Gasteiger partial charge in [0.05, 0.1) is 0 Å². The van der Waals surface area contributed by atoms with E-state index in [4.69, 9.17) is 0 Å².